The third-order valence-electron chi connectivity index (χ3n) is 3.29. The second-order valence-electron chi connectivity index (χ2n) is 4.79. The Bertz CT molecular complexity index is 189. The average molecular weight is 196 g/mol. The molecule has 0 saturated heterocycles. The maximum Gasteiger partial charge on any atom is 0.0202 e. The third-order valence-corrected chi connectivity index (χ3v) is 3.29. The highest BCUT2D eigenvalue weighted by Crippen LogP contribution is 2.26. The summed E-state index contributed by atoms with van der Waals surface area (Å²) in [4.78, 5) is 2.42. The van der Waals surface area contributed by atoms with Gasteiger partial charge in [0.2, 0.25) is 0 Å². The van der Waals surface area contributed by atoms with Gasteiger partial charge in [0, 0.05) is 19.1 Å². The van der Waals surface area contributed by atoms with Gasteiger partial charge >= 0.3 is 0 Å². The summed E-state index contributed by atoms with van der Waals surface area (Å²) in [6.07, 6.45) is 5.47. The van der Waals surface area contributed by atoms with E-state index in [9.17, 15) is 0 Å². The summed E-state index contributed by atoms with van der Waals surface area (Å²) in [7, 11) is 2.20. The van der Waals surface area contributed by atoms with Crippen LogP contribution in [0.5, 0.6) is 0 Å². The lowest BCUT2D eigenvalue weighted by Crippen LogP contribution is -2.37. The molecule has 0 spiro atoms. The Labute approximate surface area is 88.2 Å². The lowest BCUT2D eigenvalue weighted by atomic mass is 9.86. The van der Waals surface area contributed by atoms with Crippen LogP contribution in [0.15, 0.2) is 12.2 Å². The Kier molecular flexibility index (Phi) is 4.63. The Balaban J connectivity index is 2.35. The second-order valence-corrected chi connectivity index (χ2v) is 4.79. The Morgan fingerprint density at radius 2 is 2.21 bits per heavy atom. The van der Waals surface area contributed by atoms with Crippen molar-refractivity contribution in [1.29, 1.82) is 0 Å². The standard InChI is InChI=1S/C12H24N2/c1-10-5-4-6-12(7-10)14(3)9-11(2)8-13/h10,12H,2,4-9,13H2,1,3H3. The third kappa shape index (κ3) is 3.43. The number of rotatable bonds is 4. The highest BCUT2D eigenvalue weighted by Gasteiger charge is 2.22. The van der Waals surface area contributed by atoms with Crippen LogP contribution in [0.1, 0.15) is 32.6 Å². The van der Waals surface area contributed by atoms with Gasteiger partial charge in [0.1, 0.15) is 0 Å². The first-order valence-corrected chi connectivity index (χ1v) is 5.70. The molecule has 0 aliphatic heterocycles. The summed E-state index contributed by atoms with van der Waals surface area (Å²) in [6.45, 7) is 7.90. The monoisotopic (exact) mass is 196 g/mol. The SMILES string of the molecule is C=C(CN)CN(C)C1CCCC(C)C1. The zero-order chi connectivity index (χ0) is 10.6. The average Bonchev–Trinajstić information content (AvgIpc) is 2.17. The summed E-state index contributed by atoms with van der Waals surface area (Å²) in [6, 6.07) is 0.752. The van der Waals surface area contributed by atoms with E-state index in [1.807, 2.05) is 0 Å². The first kappa shape index (κ1) is 11.7. The van der Waals surface area contributed by atoms with Crippen molar-refractivity contribution < 1.29 is 0 Å². The number of hydrogen-bond donors (Lipinski definition) is 1. The van der Waals surface area contributed by atoms with E-state index in [4.69, 9.17) is 5.73 Å². The summed E-state index contributed by atoms with van der Waals surface area (Å²) in [5, 5.41) is 0. The fourth-order valence-corrected chi connectivity index (χ4v) is 2.35. The molecule has 0 amide bonds. The van der Waals surface area contributed by atoms with E-state index in [1.54, 1.807) is 0 Å². The molecule has 0 aromatic heterocycles. The zero-order valence-corrected chi connectivity index (χ0v) is 9.63. The maximum absolute atomic E-state index is 5.55. The highest BCUT2D eigenvalue weighted by atomic mass is 15.1. The molecule has 1 aliphatic carbocycles. The molecule has 1 rings (SSSR count). The normalized spacial score (nSPS) is 28.0. The first-order chi connectivity index (χ1) is 6.63. The van der Waals surface area contributed by atoms with Gasteiger partial charge in [0.25, 0.3) is 0 Å². The van der Waals surface area contributed by atoms with Gasteiger partial charge in [-0.1, -0.05) is 26.3 Å². The van der Waals surface area contributed by atoms with Gasteiger partial charge in [0.05, 0.1) is 0 Å². The molecule has 2 nitrogen and oxygen atoms in total. The predicted octanol–water partition coefficient (Wildman–Crippen LogP) is 2.01. The van der Waals surface area contributed by atoms with E-state index < -0.39 is 0 Å². The Morgan fingerprint density at radius 1 is 1.50 bits per heavy atom. The first-order valence-electron chi connectivity index (χ1n) is 5.70. The van der Waals surface area contributed by atoms with Crippen LogP contribution in [-0.4, -0.2) is 31.1 Å². The molecule has 1 saturated carbocycles. The molecule has 82 valence electrons. The number of nitrogens with zero attached hydrogens (tertiary/aromatic N) is 1. The van der Waals surface area contributed by atoms with Crippen molar-refractivity contribution in [2.75, 3.05) is 20.1 Å². The van der Waals surface area contributed by atoms with Gasteiger partial charge in [-0.05, 0) is 31.4 Å². The van der Waals surface area contributed by atoms with Crippen molar-refractivity contribution in [3.05, 3.63) is 12.2 Å². The van der Waals surface area contributed by atoms with Crippen LogP contribution in [0.25, 0.3) is 0 Å². The van der Waals surface area contributed by atoms with E-state index >= 15 is 0 Å². The molecule has 2 heteroatoms. The maximum atomic E-state index is 5.55. The number of likely N-dealkylation sites (N-methyl/N-ethyl adjacent to an activating group) is 1. The van der Waals surface area contributed by atoms with Gasteiger partial charge in [-0.2, -0.15) is 0 Å². The molecule has 14 heavy (non-hydrogen) atoms. The van der Waals surface area contributed by atoms with E-state index in [-0.39, 0.29) is 0 Å². The van der Waals surface area contributed by atoms with Crippen LogP contribution in [-0.2, 0) is 0 Å². The van der Waals surface area contributed by atoms with Crippen molar-refractivity contribution in [3.8, 4) is 0 Å². The summed E-state index contributed by atoms with van der Waals surface area (Å²) >= 11 is 0. The topological polar surface area (TPSA) is 29.3 Å². The molecule has 2 N–H and O–H groups in total. The van der Waals surface area contributed by atoms with Crippen molar-refractivity contribution in [1.82, 2.24) is 4.90 Å². The number of nitrogens with two attached hydrogens (primary N) is 1. The summed E-state index contributed by atoms with van der Waals surface area (Å²) in [5.41, 5.74) is 6.70. The van der Waals surface area contributed by atoms with E-state index in [0.717, 1.165) is 24.1 Å². The van der Waals surface area contributed by atoms with Gasteiger partial charge < -0.3 is 5.73 Å². The van der Waals surface area contributed by atoms with Crippen LogP contribution in [0.3, 0.4) is 0 Å². The molecule has 2 unspecified atom stereocenters. The summed E-state index contributed by atoms with van der Waals surface area (Å²) < 4.78 is 0. The second kappa shape index (κ2) is 5.52. The fraction of sp³-hybridized carbons (Fsp3) is 0.833. The minimum absolute atomic E-state index is 0.618. The summed E-state index contributed by atoms with van der Waals surface area (Å²) in [5.74, 6) is 0.891. The molecule has 0 aromatic carbocycles. The van der Waals surface area contributed by atoms with E-state index in [0.29, 0.717) is 6.54 Å². The minimum Gasteiger partial charge on any atom is -0.327 e. The molecule has 1 aliphatic rings. The van der Waals surface area contributed by atoms with Crippen LogP contribution in [0.4, 0.5) is 0 Å². The molecule has 0 bridgehead atoms. The Hall–Kier alpha value is -0.340. The lowest BCUT2D eigenvalue weighted by Gasteiger charge is -2.34. The van der Waals surface area contributed by atoms with Crippen LogP contribution in [0, 0.1) is 5.92 Å². The van der Waals surface area contributed by atoms with Crippen molar-refractivity contribution >= 4 is 0 Å². The largest absolute Gasteiger partial charge is 0.327 e. The van der Waals surface area contributed by atoms with Crippen molar-refractivity contribution in [3.63, 3.8) is 0 Å². The van der Waals surface area contributed by atoms with Gasteiger partial charge in [-0.3, -0.25) is 4.90 Å². The number of hydrogen-bond acceptors (Lipinski definition) is 2. The minimum atomic E-state index is 0.618. The molecular weight excluding hydrogens is 172 g/mol. The molecule has 0 aromatic rings. The quantitative estimate of drug-likeness (QED) is 0.697. The van der Waals surface area contributed by atoms with E-state index in [1.165, 1.54) is 25.7 Å². The molecule has 2 atom stereocenters. The fourth-order valence-electron chi connectivity index (χ4n) is 2.35. The van der Waals surface area contributed by atoms with Crippen LogP contribution < -0.4 is 5.73 Å². The van der Waals surface area contributed by atoms with Crippen molar-refractivity contribution in [2.45, 2.75) is 38.6 Å². The van der Waals surface area contributed by atoms with Gasteiger partial charge in [-0.15, -0.1) is 0 Å². The zero-order valence-electron chi connectivity index (χ0n) is 9.63. The molecule has 1 fully saturated rings. The smallest absolute Gasteiger partial charge is 0.0202 e. The molecule has 0 radical (unpaired) electrons. The molecule has 0 heterocycles. The Morgan fingerprint density at radius 3 is 2.79 bits per heavy atom. The lowest BCUT2D eigenvalue weighted by molar-refractivity contribution is 0.175. The van der Waals surface area contributed by atoms with Gasteiger partial charge in [-0.25, -0.2) is 0 Å². The predicted molar refractivity (Wildman–Crippen MR) is 62.2 cm³/mol. The van der Waals surface area contributed by atoms with Crippen LogP contribution >= 0.6 is 0 Å². The van der Waals surface area contributed by atoms with Gasteiger partial charge in [0.15, 0.2) is 0 Å². The van der Waals surface area contributed by atoms with E-state index in [2.05, 4.69) is 25.5 Å². The van der Waals surface area contributed by atoms with Crippen LogP contribution in [0.2, 0.25) is 0 Å². The molecular formula is C12H24N2. The van der Waals surface area contributed by atoms with Crippen molar-refractivity contribution in [2.24, 2.45) is 11.7 Å². The highest BCUT2D eigenvalue weighted by molar-refractivity contribution is 4.99.